The normalized spacial score (nSPS) is 19.9. The molecule has 20 heavy (non-hydrogen) atoms. The van der Waals surface area contributed by atoms with Crippen LogP contribution in [0, 0.1) is 0 Å². The Morgan fingerprint density at radius 1 is 1.00 bits per heavy atom. The molecule has 102 valence electrons. The third-order valence-electron chi connectivity index (χ3n) is 4.62. The Hall–Kier alpha value is -2.00. The molecule has 1 heterocycles. The molecule has 0 bridgehead atoms. The topological polar surface area (TPSA) is 52.5 Å². The van der Waals surface area contributed by atoms with Crippen molar-refractivity contribution >= 4 is 0 Å². The predicted octanol–water partition coefficient (Wildman–Crippen LogP) is 2.43. The van der Waals surface area contributed by atoms with Crippen LogP contribution in [0.15, 0.2) is 30.3 Å². The van der Waals surface area contributed by atoms with Crippen molar-refractivity contribution in [1.82, 2.24) is 5.32 Å². The molecule has 0 spiro atoms. The minimum Gasteiger partial charge on any atom is -0.504 e. The van der Waals surface area contributed by atoms with Gasteiger partial charge < -0.3 is 15.5 Å². The second-order valence-corrected chi connectivity index (χ2v) is 5.67. The van der Waals surface area contributed by atoms with E-state index in [4.69, 9.17) is 0 Å². The van der Waals surface area contributed by atoms with Crippen molar-refractivity contribution in [2.45, 2.75) is 25.3 Å². The summed E-state index contributed by atoms with van der Waals surface area (Å²) < 4.78 is 0. The predicted molar refractivity (Wildman–Crippen MR) is 77.2 cm³/mol. The zero-order chi connectivity index (χ0) is 13.7. The van der Waals surface area contributed by atoms with Crippen LogP contribution in [0.4, 0.5) is 0 Å². The number of nitrogens with one attached hydrogen (secondary N) is 1. The van der Waals surface area contributed by atoms with Gasteiger partial charge in [0.2, 0.25) is 0 Å². The van der Waals surface area contributed by atoms with Crippen molar-refractivity contribution in [2.24, 2.45) is 0 Å². The Bertz CT molecular complexity index is 694. The first kappa shape index (κ1) is 11.8. The highest BCUT2D eigenvalue weighted by Crippen LogP contribution is 2.43. The van der Waals surface area contributed by atoms with Crippen molar-refractivity contribution in [3.05, 3.63) is 58.1 Å². The molecular formula is C17H17NO2. The monoisotopic (exact) mass is 267 g/mol. The summed E-state index contributed by atoms with van der Waals surface area (Å²) in [6.45, 7) is 1.81. The summed E-state index contributed by atoms with van der Waals surface area (Å²) in [5, 5.41) is 23.4. The van der Waals surface area contributed by atoms with Gasteiger partial charge in [-0.1, -0.05) is 24.3 Å². The van der Waals surface area contributed by atoms with Gasteiger partial charge in [-0.3, -0.25) is 0 Å². The van der Waals surface area contributed by atoms with Crippen LogP contribution in [0.5, 0.6) is 11.5 Å². The van der Waals surface area contributed by atoms with Crippen molar-refractivity contribution in [3.63, 3.8) is 0 Å². The molecule has 0 radical (unpaired) electrons. The first-order valence-electron chi connectivity index (χ1n) is 7.11. The highest BCUT2D eigenvalue weighted by Gasteiger charge is 2.30. The van der Waals surface area contributed by atoms with Gasteiger partial charge in [-0.15, -0.1) is 0 Å². The Morgan fingerprint density at radius 3 is 2.75 bits per heavy atom. The fourth-order valence-electron chi connectivity index (χ4n) is 3.69. The minimum atomic E-state index is -0.0151. The lowest BCUT2D eigenvalue weighted by atomic mass is 9.82. The molecule has 2 aromatic carbocycles. The second-order valence-electron chi connectivity index (χ2n) is 5.67. The van der Waals surface area contributed by atoms with Crippen LogP contribution in [-0.2, 0) is 19.4 Å². The number of rotatable bonds is 0. The number of aryl methyl sites for hydroxylation is 1. The van der Waals surface area contributed by atoms with Gasteiger partial charge in [-0.2, -0.15) is 0 Å². The molecule has 1 unspecified atom stereocenters. The largest absolute Gasteiger partial charge is 0.504 e. The van der Waals surface area contributed by atoms with Gasteiger partial charge >= 0.3 is 0 Å². The van der Waals surface area contributed by atoms with E-state index in [-0.39, 0.29) is 17.4 Å². The van der Waals surface area contributed by atoms with Crippen molar-refractivity contribution in [3.8, 4) is 11.5 Å². The summed E-state index contributed by atoms with van der Waals surface area (Å²) in [7, 11) is 0. The van der Waals surface area contributed by atoms with E-state index in [2.05, 4.69) is 23.5 Å². The summed E-state index contributed by atoms with van der Waals surface area (Å²) in [6.07, 6.45) is 1.70. The van der Waals surface area contributed by atoms with E-state index in [1.807, 2.05) is 6.07 Å². The summed E-state index contributed by atoms with van der Waals surface area (Å²) >= 11 is 0. The Kier molecular flexibility index (Phi) is 2.51. The number of hydrogen-bond donors (Lipinski definition) is 3. The summed E-state index contributed by atoms with van der Waals surface area (Å²) in [5.41, 5.74) is 6.22. The lowest BCUT2D eigenvalue weighted by molar-refractivity contribution is 0.398. The molecule has 0 saturated heterocycles. The number of hydrogen-bond acceptors (Lipinski definition) is 3. The first-order chi connectivity index (χ1) is 9.75. The maximum absolute atomic E-state index is 10.2. The van der Waals surface area contributed by atoms with E-state index >= 15 is 0 Å². The molecular weight excluding hydrogens is 250 g/mol. The van der Waals surface area contributed by atoms with Gasteiger partial charge in [-0.05, 0) is 41.2 Å². The first-order valence-corrected chi connectivity index (χ1v) is 7.11. The van der Waals surface area contributed by atoms with Gasteiger partial charge in [0.05, 0.1) is 0 Å². The molecule has 4 rings (SSSR count). The molecule has 1 aliphatic carbocycles. The third kappa shape index (κ3) is 1.56. The number of aromatic hydroxyl groups is 2. The van der Waals surface area contributed by atoms with Crippen molar-refractivity contribution < 1.29 is 10.2 Å². The summed E-state index contributed by atoms with van der Waals surface area (Å²) in [6, 6.07) is 10.1. The van der Waals surface area contributed by atoms with Gasteiger partial charge in [0, 0.05) is 24.6 Å². The van der Waals surface area contributed by atoms with E-state index < -0.39 is 0 Å². The number of phenolic OH excluding ortho intramolecular Hbond substituents is 2. The van der Waals surface area contributed by atoms with Crippen molar-refractivity contribution in [2.75, 3.05) is 6.54 Å². The van der Waals surface area contributed by atoms with Crippen LogP contribution in [0.3, 0.4) is 0 Å². The van der Waals surface area contributed by atoms with Gasteiger partial charge in [-0.25, -0.2) is 0 Å². The number of benzene rings is 2. The van der Waals surface area contributed by atoms with E-state index in [1.165, 1.54) is 16.7 Å². The fourth-order valence-corrected chi connectivity index (χ4v) is 3.69. The van der Waals surface area contributed by atoms with Gasteiger partial charge in [0.25, 0.3) is 0 Å². The molecule has 3 heteroatoms. The Balaban J connectivity index is 1.98. The molecule has 0 amide bonds. The van der Waals surface area contributed by atoms with Gasteiger partial charge in [0.15, 0.2) is 11.5 Å². The molecule has 3 N–H and O–H groups in total. The molecule has 1 aliphatic heterocycles. The lowest BCUT2D eigenvalue weighted by Gasteiger charge is -2.28. The van der Waals surface area contributed by atoms with Crippen LogP contribution >= 0.6 is 0 Å². The molecule has 2 aromatic rings. The smallest absolute Gasteiger partial charge is 0.160 e. The minimum absolute atomic E-state index is 0.0151. The van der Waals surface area contributed by atoms with Crippen LogP contribution in [-0.4, -0.2) is 16.8 Å². The lowest BCUT2D eigenvalue weighted by Crippen LogP contribution is -2.29. The average molecular weight is 267 g/mol. The highest BCUT2D eigenvalue weighted by atomic mass is 16.3. The van der Waals surface area contributed by atoms with E-state index in [1.54, 1.807) is 6.07 Å². The Morgan fingerprint density at radius 2 is 1.85 bits per heavy atom. The molecule has 0 fully saturated rings. The van der Waals surface area contributed by atoms with Crippen LogP contribution in [0.2, 0.25) is 0 Å². The standard InChI is InChI=1S/C17H17NO2/c19-15-7-6-12-13(17(15)20)5-4-10-2-1-3-11-8-18-9-14(12)16(10)11/h1-3,6-7,14,18-20H,4-5,8-9H2. The summed E-state index contributed by atoms with van der Waals surface area (Å²) in [4.78, 5) is 0. The average Bonchev–Trinajstić information content (AvgIpc) is 2.63. The maximum atomic E-state index is 10.2. The zero-order valence-electron chi connectivity index (χ0n) is 11.2. The number of fused-ring (bicyclic) bond motifs is 2. The Labute approximate surface area is 117 Å². The molecule has 0 aromatic heterocycles. The quantitative estimate of drug-likeness (QED) is 0.643. The molecule has 3 nitrogen and oxygen atoms in total. The fraction of sp³-hybridized carbons (Fsp3) is 0.294. The maximum Gasteiger partial charge on any atom is 0.160 e. The second kappa shape index (κ2) is 4.25. The van der Waals surface area contributed by atoms with Gasteiger partial charge in [0.1, 0.15) is 0 Å². The van der Waals surface area contributed by atoms with E-state index in [0.717, 1.165) is 37.1 Å². The number of phenols is 2. The molecule has 1 atom stereocenters. The zero-order valence-corrected chi connectivity index (χ0v) is 11.2. The van der Waals surface area contributed by atoms with Crippen LogP contribution < -0.4 is 5.32 Å². The van der Waals surface area contributed by atoms with Crippen LogP contribution in [0.1, 0.15) is 33.7 Å². The van der Waals surface area contributed by atoms with E-state index in [0.29, 0.717) is 0 Å². The van der Waals surface area contributed by atoms with Crippen molar-refractivity contribution in [1.29, 1.82) is 0 Å². The SMILES string of the molecule is Oc1ccc2c(c1O)CCc1cccc3c1C2CNC3. The third-order valence-corrected chi connectivity index (χ3v) is 4.62. The van der Waals surface area contributed by atoms with Crippen LogP contribution in [0.25, 0.3) is 0 Å². The summed E-state index contributed by atoms with van der Waals surface area (Å²) in [5.74, 6) is 0.320. The van der Waals surface area contributed by atoms with E-state index in [9.17, 15) is 10.2 Å². The highest BCUT2D eigenvalue weighted by molar-refractivity contribution is 5.56. The molecule has 0 saturated carbocycles. The molecule has 2 aliphatic rings.